The minimum absolute atomic E-state index is 0.0782. The van der Waals surface area contributed by atoms with Crippen molar-refractivity contribution in [2.75, 3.05) is 39.0 Å². The van der Waals surface area contributed by atoms with Crippen LogP contribution in [-0.4, -0.2) is 64.4 Å². The van der Waals surface area contributed by atoms with Gasteiger partial charge in [-0.2, -0.15) is 0 Å². The van der Waals surface area contributed by atoms with Crippen molar-refractivity contribution in [1.29, 1.82) is 0 Å². The summed E-state index contributed by atoms with van der Waals surface area (Å²) < 4.78 is 0. The molecule has 1 atom stereocenters. The Morgan fingerprint density at radius 2 is 2.00 bits per heavy atom. The molecule has 0 unspecified atom stereocenters. The number of amides is 1. The fourth-order valence-electron chi connectivity index (χ4n) is 3.53. The third kappa shape index (κ3) is 6.09. The molecule has 3 rings (SSSR count). The van der Waals surface area contributed by atoms with Gasteiger partial charge in [-0.15, -0.1) is 0 Å². The van der Waals surface area contributed by atoms with E-state index in [-0.39, 0.29) is 11.8 Å². The van der Waals surface area contributed by atoms with Gasteiger partial charge in [0.15, 0.2) is 0 Å². The van der Waals surface area contributed by atoms with Crippen LogP contribution in [0.25, 0.3) is 0 Å². The summed E-state index contributed by atoms with van der Waals surface area (Å²) in [6, 6.07) is 7.88. The first-order valence-corrected chi connectivity index (χ1v) is 10.1. The van der Waals surface area contributed by atoms with Gasteiger partial charge in [-0.1, -0.05) is 12.1 Å². The number of likely N-dealkylation sites (N-methyl/N-ethyl adjacent to an activating group) is 1. The van der Waals surface area contributed by atoms with Crippen molar-refractivity contribution in [3.05, 3.63) is 53.5 Å². The third-order valence-corrected chi connectivity index (χ3v) is 4.88. The molecule has 1 aliphatic rings. The molecule has 7 nitrogen and oxygen atoms in total. The van der Waals surface area contributed by atoms with E-state index < -0.39 is 0 Å². The number of anilines is 2. The molecular formula is C22H30N6O. The Balaban J connectivity index is 1.68. The minimum Gasteiger partial charge on any atom is -0.339 e. The van der Waals surface area contributed by atoms with Gasteiger partial charge in [-0.3, -0.25) is 4.79 Å². The first-order valence-electron chi connectivity index (χ1n) is 10.1. The number of piperidine rings is 1. The molecule has 0 saturated carbocycles. The van der Waals surface area contributed by atoms with Gasteiger partial charge in [0.05, 0.1) is 0 Å². The van der Waals surface area contributed by atoms with Crippen LogP contribution < -0.4 is 5.32 Å². The maximum absolute atomic E-state index is 12.5. The van der Waals surface area contributed by atoms with Crippen molar-refractivity contribution in [3.63, 3.8) is 0 Å². The van der Waals surface area contributed by atoms with Crippen molar-refractivity contribution in [3.8, 4) is 0 Å². The maximum atomic E-state index is 12.5. The average molecular weight is 395 g/mol. The summed E-state index contributed by atoms with van der Waals surface area (Å²) in [5, 5.41) is 3.21. The normalized spacial score (nSPS) is 17.1. The molecule has 1 saturated heterocycles. The highest BCUT2D eigenvalue weighted by molar-refractivity contribution is 5.87. The van der Waals surface area contributed by atoms with Crippen LogP contribution in [0.2, 0.25) is 0 Å². The molecule has 29 heavy (non-hydrogen) atoms. The molecule has 2 aromatic rings. The number of nitrogens with one attached hydrogen (secondary N) is 1. The van der Waals surface area contributed by atoms with E-state index in [4.69, 9.17) is 4.98 Å². The Labute approximate surface area is 172 Å². The van der Waals surface area contributed by atoms with E-state index in [0.29, 0.717) is 12.5 Å². The molecule has 1 fully saturated rings. The first-order chi connectivity index (χ1) is 13.9. The lowest BCUT2D eigenvalue weighted by atomic mass is 9.94. The van der Waals surface area contributed by atoms with E-state index in [1.54, 1.807) is 6.08 Å². The number of carbonyl (C=O) groups is 1. The lowest BCUT2D eigenvalue weighted by Gasteiger charge is -2.32. The van der Waals surface area contributed by atoms with Crippen molar-refractivity contribution in [2.45, 2.75) is 32.6 Å². The number of nitrogens with zero attached hydrogens (tertiary/aromatic N) is 5. The zero-order valence-corrected chi connectivity index (χ0v) is 17.7. The van der Waals surface area contributed by atoms with Gasteiger partial charge in [0, 0.05) is 48.7 Å². The summed E-state index contributed by atoms with van der Waals surface area (Å²) in [5.41, 5.74) is 2.83. The van der Waals surface area contributed by atoms with Gasteiger partial charge in [0.2, 0.25) is 11.9 Å². The summed E-state index contributed by atoms with van der Waals surface area (Å²) in [7, 11) is 3.98. The van der Waals surface area contributed by atoms with Crippen LogP contribution in [0.1, 0.15) is 35.8 Å². The first kappa shape index (κ1) is 20.9. The van der Waals surface area contributed by atoms with Gasteiger partial charge in [-0.25, -0.2) is 15.0 Å². The lowest BCUT2D eigenvalue weighted by Crippen LogP contribution is -2.38. The van der Waals surface area contributed by atoms with Crippen molar-refractivity contribution in [2.24, 2.45) is 0 Å². The number of pyridine rings is 1. The summed E-state index contributed by atoms with van der Waals surface area (Å²) in [6.45, 7) is 6.16. The molecule has 1 amide bonds. The van der Waals surface area contributed by atoms with Crippen LogP contribution in [0.3, 0.4) is 0 Å². The Morgan fingerprint density at radius 3 is 2.72 bits per heavy atom. The highest BCUT2D eigenvalue weighted by Gasteiger charge is 2.24. The van der Waals surface area contributed by atoms with Gasteiger partial charge in [0.25, 0.3) is 0 Å². The highest BCUT2D eigenvalue weighted by atomic mass is 16.2. The predicted molar refractivity (Wildman–Crippen MR) is 115 cm³/mol. The Kier molecular flexibility index (Phi) is 6.93. The molecule has 0 aliphatic carbocycles. The summed E-state index contributed by atoms with van der Waals surface area (Å²) in [5.74, 6) is 1.59. The largest absolute Gasteiger partial charge is 0.339 e. The Morgan fingerprint density at radius 1 is 1.24 bits per heavy atom. The molecule has 0 bridgehead atoms. The molecule has 0 aromatic carbocycles. The molecular weight excluding hydrogens is 364 g/mol. The van der Waals surface area contributed by atoms with Gasteiger partial charge in [-0.05, 0) is 59.0 Å². The van der Waals surface area contributed by atoms with Crippen LogP contribution in [0, 0.1) is 13.8 Å². The highest BCUT2D eigenvalue weighted by Crippen LogP contribution is 2.27. The van der Waals surface area contributed by atoms with E-state index in [0.717, 1.165) is 48.8 Å². The van der Waals surface area contributed by atoms with E-state index >= 15 is 0 Å². The van der Waals surface area contributed by atoms with E-state index in [9.17, 15) is 4.79 Å². The molecule has 1 N–H and O–H groups in total. The second kappa shape index (κ2) is 9.60. The molecule has 2 aromatic heterocycles. The Bertz CT molecular complexity index is 859. The minimum atomic E-state index is 0.0782. The number of carbonyl (C=O) groups excluding carboxylic acids is 1. The third-order valence-electron chi connectivity index (χ3n) is 4.88. The second-order valence-corrected chi connectivity index (χ2v) is 7.84. The molecule has 1 aliphatic heterocycles. The van der Waals surface area contributed by atoms with Gasteiger partial charge in [0.1, 0.15) is 5.82 Å². The SMILES string of the molecule is Cc1cc(C)nc(Nc2cccc([C@@H]3CCCN(C(=O)/C=C/CN(C)C)C3)n2)n1. The predicted octanol–water partition coefficient (Wildman–Crippen LogP) is 3.06. The number of rotatable bonds is 6. The molecule has 0 spiro atoms. The monoisotopic (exact) mass is 394 g/mol. The number of likely N-dealkylation sites (tertiary alicyclic amines) is 1. The second-order valence-electron chi connectivity index (χ2n) is 7.84. The molecule has 3 heterocycles. The maximum Gasteiger partial charge on any atom is 0.246 e. The van der Waals surface area contributed by atoms with Crippen LogP contribution >= 0.6 is 0 Å². The van der Waals surface area contributed by atoms with E-state index in [1.165, 1.54) is 0 Å². The topological polar surface area (TPSA) is 74.2 Å². The van der Waals surface area contributed by atoms with E-state index in [2.05, 4.69) is 15.3 Å². The van der Waals surface area contributed by atoms with Crippen molar-refractivity contribution >= 4 is 17.7 Å². The number of hydrogen-bond acceptors (Lipinski definition) is 6. The zero-order valence-electron chi connectivity index (χ0n) is 17.7. The van der Waals surface area contributed by atoms with Crippen molar-refractivity contribution in [1.82, 2.24) is 24.8 Å². The lowest BCUT2D eigenvalue weighted by molar-refractivity contribution is -0.127. The quantitative estimate of drug-likeness (QED) is 0.759. The van der Waals surface area contributed by atoms with Crippen LogP contribution in [0.15, 0.2) is 36.4 Å². The fourth-order valence-corrected chi connectivity index (χ4v) is 3.53. The van der Waals surface area contributed by atoms with Gasteiger partial charge >= 0.3 is 0 Å². The molecule has 0 radical (unpaired) electrons. The molecule has 154 valence electrons. The van der Waals surface area contributed by atoms with E-state index in [1.807, 2.05) is 68.1 Å². The number of hydrogen-bond donors (Lipinski definition) is 1. The number of aryl methyl sites for hydroxylation is 2. The van der Waals surface area contributed by atoms with Crippen LogP contribution in [0.4, 0.5) is 11.8 Å². The van der Waals surface area contributed by atoms with Gasteiger partial charge < -0.3 is 15.1 Å². The summed E-state index contributed by atoms with van der Waals surface area (Å²) in [6.07, 6.45) is 5.61. The van der Waals surface area contributed by atoms with Crippen LogP contribution in [-0.2, 0) is 4.79 Å². The standard InChI is InChI=1S/C22H30N6O/c1-16-14-17(2)24-22(23-16)26-20-10-5-9-19(25-20)18-8-6-13-28(15-18)21(29)11-7-12-27(3)4/h5,7,9-11,14,18H,6,8,12-13,15H2,1-4H3,(H,23,24,25,26)/b11-7+/t18-/m1/s1. The fraction of sp³-hybridized carbons (Fsp3) is 0.455. The average Bonchev–Trinajstić information content (AvgIpc) is 2.67. The smallest absolute Gasteiger partial charge is 0.246 e. The summed E-state index contributed by atoms with van der Waals surface area (Å²) >= 11 is 0. The zero-order chi connectivity index (χ0) is 20.8. The Hall–Kier alpha value is -2.80. The number of aromatic nitrogens is 3. The molecule has 7 heteroatoms. The summed E-state index contributed by atoms with van der Waals surface area (Å²) in [4.78, 5) is 30.1. The van der Waals surface area contributed by atoms with Crippen LogP contribution in [0.5, 0.6) is 0 Å². The van der Waals surface area contributed by atoms with Crippen molar-refractivity contribution < 1.29 is 4.79 Å².